The lowest BCUT2D eigenvalue weighted by Gasteiger charge is -2.31. The van der Waals surface area contributed by atoms with Gasteiger partial charge < -0.3 is 14.6 Å². The number of halogens is 1. The van der Waals surface area contributed by atoms with Crippen LogP contribution in [0.1, 0.15) is 11.1 Å². The van der Waals surface area contributed by atoms with Crippen LogP contribution in [0.2, 0.25) is 0 Å². The van der Waals surface area contributed by atoms with Gasteiger partial charge in [-0.15, -0.1) is 0 Å². The van der Waals surface area contributed by atoms with Crippen LogP contribution >= 0.6 is 0 Å². The van der Waals surface area contributed by atoms with E-state index in [2.05, 4.69) is 9.80 Å². The van der Waals surface area contributed by atoms with Gasteiger partial charge in [-0.2, -0.15) is 0 Å². The number of ether oxygens (including phenoxy) is 2. The molecule has 2 aromatic rings. The normalized spacial score (nSPS) is 16.1. The summed E-state index contributed by atoms with van der Waals surface area (Å²) < 4.78 is 24.5. The molecule has 5 nitrogen and oxygen atoms in total. The SMILES string of the molecule is Cc1ccccc1OC[C@H](O)CN(CCN1CCOCC1)Cc1ccc(F)cc1. The lowest BCUT2D eigenvalue weighted by molar-refractivity contribution is 0.0255. The maximum absolute atomic E-state index is 13.2. The van der Waals surface area contributed by atoms with Gasteiger partial charge in [0, 0.05) is 39.3 Å². The molecule has 2 aromatic carbocycles. The maximum atomic E-state index is 13.2. The van der Waals surface area contributed by atoms with Crippen molar-refractivity contribution in [3.05, 3.63) is 65.5 Å². The highest BCUT2D eigenvalue weighted by Gasteiger charge is 2.16. The van der Waals surface area contributed by atoms with E-state index in [1.807, 2.05) is 31.2 Å². The highest BCUT2D eigenvalue weighted by molar-refractivity contribution is 5.31. The molecular formula is C23H31FN2O3. The Morgan fingerprint density at radius 3 is 2.59 bits per heavy atom. The molecule has 1 aliphatic rings. The lowest BCUT2D eigenvalue weighted by Crippen LogP contribution is -2.43. The van der Waals surface area contributed by atoms with Gasteiger partial charge in [0.05, 0.1) is 13.2 Å². The van der Waals surface area contributed by atoms with Gasteiger partial charge in [-0.25, -0.2) is 4.39 Å². The third-order valence-corrected chi connectivity index (χ3v) is 5.15. The Labute approximate surface area is 172 Å². The molecule has 1 N–H and O–H groups in total. The third kappa shape index (κ3) is 7.40. The number of hydrogen-bond donors (Lipinski definition) is 1. The number of para-hydroxylation sites is 1. The Morgan fingerprint density at radius 1 is 1.14 bits per heavy atom. The Kier molecular flexibility index (Phi) is 8.43. The van der Waals surface area contributed by atoms with E-state index in [9.17, 15) is 9.50 Å². The zero-order chi connectivity index (χ0) is 20.5. The molecule has 0 aliphatic carbocycles. The second kappa shape index (κ2) is 11.3. The fourth-order valence-corrected chi connectivity index (χ4v) is 3.45. The molecule has 6 heteroatoms. The number of morpholine rings is 1. The number of aliphatic hydroxyl groups is 1. The summed E-state index contributed by atoms with van der Waals surface area (Å²) >= 11 is 0. The number of hydrogen-bond acceptors (Lipinski definition) is 5. The molecule has 0 aromatic heterocycles. The van der Waals surface area contributed by atoms with Crippen molar-refractivity contribution in [2.24, 2.45) is 0 Å². The summed E-state index contributed by atoms with van der Waals surface area (Å²) in [6, 6.07) is 14.4. The summed E-state index contributed by atoms with van der Waals surface area (Å²) in [6.45, 7) is 8.52. The number of benzene rings is 2. The van der Waals surface area contributed by atoms with E-state index < -0.39 is 6.10 Å². The number of aryl methyl sites for hydroxylation is 1. The summed E-state index contributed by atoms with van der Waals surface area (Å²) in [6.07, 6.45) is -0.611. The molecule has 0 bridgehead atoms. The predicted molar refractivity (Wildman–Crippen MR) is 112 cm³/mol. The van der Waals surface area contributed by atoms with E-state index >= 15 is 0 Å². The second-order valence-corrected chi connectivity index (χ2v) is 7.55. The van der Waals surface area contributed by atoms with Gasteiger partial charge in [-0.3, -0.25) is 9.80 Å². The van der Waals surface area contributed by atoms with Crippen molar-refractivity contribution in [2.75, 3.05) is 52.5 Å². The summed E-state index contributed by atoms with van der Waals surface area (Å²) in [7, 11) is 0. The first kappa shape index (κ1) is 21.7. The van der Waals surface area contributed by atoms with Crippen molar-refractivity contribution in [3.8, 4) is 5.75 Å². The highest BCUT2D eigenvalue weighted by Crippen LogP contribution is 2.16. The fourth-order valence-electron chi connectivity index (χ4n) is 3.45. The summed E-state index contributed by atoms with van der Waals surface area (Å²) in [5.41, 5.74) is 2.08. The standard InChI is InChI=1S/C23H31FN2O3/c1-19-4-2-3-5-23(19)29-18-22(27)17-26(11-10-25-12-14-28-15-13-25)16-20-6-8-21(24)9-7-20/h2-9,22,27H,10-18H2,1H3/t22-/m1/s1. The van der Waals surface area contributed by atoms with Crippen LogP contribution in [0.5, 0.6) is 5.75 Å². The first-order valence-electron chi connectivity index (χ1n) is 10.2. The van der Waals surface area contributed by atoms with Crippen LogP contribution in [0.3, 0.4) is 0 Å². The monoisotopic (exact) mass is 402 g/mol. The van der Waals surface area contributed by atoms with Gasteiger partial charge in [0.2, 0.25) is 0 Å². The number of rotatable bonds is 10. The molecule has 158 valence electrons. The number of nitrogens with zero attached hydrogens (tertiary/aromatic N) is 2. The minimum absolute atomic E-state index is 0.236. The Bertz CT molecular complexity index is 735. The van der Waals surface area contributed by atoms with Crippen LogP contribution in [0.25, 0.3) is 0 Å². The zero-order valence-electron chi connectivity index (χ0n) is 17.1. The zero-order valence-corrected chi connectivity index (χ0v) is 17.1. The predicted octanol–water partition coefficient (Wildman–Crippen LogP) is 2.71. The van der Waals surface area contributed by atoms with E-state index in [-0.39, 0.29) is 12.4 Å². The average molecular weight is 403 g/mol. The van der Waals surface area contributed by atoms with E-state index in [1.54, 1.807) is 12.1 Å². The van der Waals surface area contributed by atoms with Crippen molar-refractivity contribution < 1.29 is 19.0 Å². The Hall–Kier alpha value is -1.99. The molecule has 1 aliphatic heterocycles. The largest absolute Gasteiger partial charge is 0.491 e. The van der Waals surface area contributed by atoms with Gasteiger partial charge in [-0.1, -0.05) is 30.3 Å². The molecule has 0 amide bonds. The van der Waals surface area contributed by atoms with Crippen molar-refractivity contribution in [1.29, 1.82) is 0 Å². The Morgan fingerprint density at radius 2 is 1.86 bits per heavy atom. The lowest BCUT2D eigenvalue weighted by atomic mass is 10.2. The van der Waals surface area contributed by atoms with E-state index in [1.165, 1.54) is 12.1 Å². The first-order chi connectivity index (χ1) is 14.1. The van der Waals surface area contributed by atoms with Crippen molar-refractivity contribution in [2.45, 2.75) is 19.6 Å². The van der Waals surface area contributed by atoms with Crippen LogP contribution in [-0.2, 0) is 11.3 Å². The fraction of sp³-hybridized carbons (Fsp3) is 0.478. The summed E-state index contributed by atoms with van der Waals surface area (Å²) in [4.78, 5) is 4.58. The van der Waals surface area contributed by atoms with Crippen LogP contribution in [0.4, 0.5) is 4.39 Å². The quantitative estimate of drug-likeness (QED) is 0.662. The molecule has 0 spiro atoms. The van der Waals surface area contributed by atoms with E-state index in [4.69, 9.17) is 9.47 Å². The topological polar surface area (TPSA) is 45.2 Å². The summed E-state index contributed by atoms with van der Waals surface area (Å²) in [5, 5.41) is 10.6. The molecule has 3 rings (SSSR count). The van der Waals surface area contributed by atoms with Crippen LogP contribution in [-0.4, -0.2) is 73.6 Å². The highest BCUT2D eigenvalue weighted by atomic mass is 19.1. The van der Waals surface area contributed by atoms with Crippen molar-refractivity contribution in [3.63, 3.8) is 0 Å². The van der Waals surface area contributed by atoms with Crippen molar-refractivity contribution in [1.82, 2.24) is 9.80 Å². The second-order valence-electron chi connectivity index (χ2n) is 7.55. The van der Waals surface area contributed by atoms with E-state index in [0.29, 0.717) is 13.1 Å². The Balaban J connectivity index is 1.55. The molecular weight excluding hydrogens is 371 g/mol. The molecule has 1 saturated heterocycles. The van der Waals surface area contributed by atoms with Gasteiger partial charge in [0.25, 0.3) is 0 Å². The molecule has 29 heavy (non-hydrogen) atoms. The van der Waals surface area contributed by atoms with Gasteiger partial charge in [0.1, 0.15) is 24.3 Å². The summed E-state index contributed by atoms with van der Waals surface area (Å²) in [5.74, 6) is 0.560. The molecule has 1 atom stereocenters. The number of aliphatic hydroxyl groups excluding tert-OH is 1. The minimum Gasteiger partial charge on any atom is -0.491 e. The average Bonchev–Trinajstić information content (AvgIpc) is 2.74. The minimum atomic E-state index is -0.611. The molecule has 1 heterocycles. The molecule has 0 unspecified atom stereocenters. The maximum Gasteiger partial charge on any atom is 0.123 e. The van der Waals surface area contributed by atoms with Crippen LogP contribution in [0, 0.1) is 12.7 Å². The van der Waals surface area contributed by atoms with Crippen molar-refractivity contribution >= 4 is 0 Å². The van der Waals surface area contributed by atoms with E-state index in [0.717, 1.165) is 56.3 Å². The van der Waals surface area contributed by atoms with Gasteiger partial charge >= 0.3 is 0 Å². The smallest absolute Gasteiger partial charge is 0.123 e. The molecule has 0 radical (unpaired) electrons. The first-order valence-corrected chi connectivity index (χ1v) is 10.2. The molecule has 1 fully saturated rings. The molecule has 0 saturated carbocycles. The van der Waals surface area contributed by atoms with Gasteiger partial charge in [0.15, 0.2) is 0 Å². The van der Waals surface area contributed by atoms with Gasteiger partial charge in [-0.05, 0) is 36.2 Å². The third-order valence-electron chi connectivity index (χ3n) is 5.15. The van der Waals surface area contributed by atoms with Crippen LogP contribution in [0.15, 0.2) is 48.5 Å². The van der Waals surface area contributed by atoms with Crippen LogP contribution < -0.4 is 4.74 Å².